The molecule has 2 rings (SSSR count). The Kier molecular flexibility index (Phi) is 8.80. The molecule has 0 saturated heterocycles. The predicted molar refractivity (Wildman–Crippen MR) is 119 cm³/mol. The Morgan fingerprint density at radius 1 is 1.17 bits per heavy atom. The number of methoxy groups -OCH3 is 1. The molecule has 0 aliphatic carbocycles. The fraction of sp³-hybridized carbons (Fsp3) is 0.381. The number of ether oxygens (including phenoxy) is 2. The number of carbonyl (C=O) groups is 1. The van der Waals surface area contributed by atoms with E-state index in [9.17, 15) is 13.2 Å². The Hall–Kier alpha value is -2.45. The van der Waals surface area contributed by atoms with Gasteiger partial charge in [-0.3, -0.25) is 9.10 Å². The molecule has 0 unspecified atom stereocenters. The van der Waals surface area contributed by atoms with Gasteiger partial charge >= 0.3 is 0 Å². The Morgan fingerprint density at radius 2 is 1.90 bits per heavy atom. The van der Waals surface area contributed by atoms with Crippen LogP contribution in [0.5, 0.6) is 11.5 Å². The molecule has 0 heterocycles. The lowest BCUT2D eigenvalue weighted by Gasteiger charge is -2.23. The number of nitrogens with zero attached hydrogens (tertiary/aromatic N) is 1. The quantitative estimate of drug-likeness (QED) is 0.526. The van der Waals surface area contributed by atoms with Gasteiger partial charge < -0.3 is 14.8 Å². The van der Waals surface area contributed by atoms with Crippen LogP contribution < -0.4 is 19.1 Å². The maximum Gasteiger partial charge on any atom is 0.232 e. The molecule has 2 aromatic rings. The third kappa shape index (κ3) is 7.11. The number of carbonyl (C=O) groups excluding carboxylic acids is 1. The van der Waals surface area contributed by atoms with Crippen molar-refractivity contribution >= 4 is 33.2 Å². The van der Waals surface area contributed by atoms with E-state index in [1.165, 1.54) is 17.5 Å². The highest BCUT2D eigenvalue weighted by Gasteiger charge is 2.19. The number of anilines is 1. The summed E-state index contributed by atoms with van der Waals surface area (Å²) in [6.07, 6.45) is 1.68. The van der Waals surface area contributed by atoms with Crippen LogP contribution in [0.1, 0.15) is 18.4 Å². The smallest absolute Gasteiger partial charge is 0.232 e. The van der Waals surface area contributed by atoms with E-state index in [1.54, 1.807) is 12.1 Å². The second-order valence-corrected chi connectivity index (χ2v) is 9.04. The van der Waals surface area contributed by atoms with Crippen LogP contribution in [0.15, 0.2) is 42.5 Å². The van der Waals surface area contributed by atoms with Crippen LogP contribution in [-0.2, 0) is 14.8 Å². The average molecular weight is 455 g/mol. The largest absolute Gasteiger partial charge is 0.495 e. The highest BCUT2D eigenvalue weighted by Crippen LogP contribution is 2.30. The molecule has 164 valence electrons. The first-order valence-corrected chi connectivity index (χ1v) is 11.7. The summed E-state index contributed by atoms with van der Waals surface area (Å²) in [5.74, 6) is 1.08. The Morgan fingerprint density at radius 3 is 2.53 bits per heavy atom. The van der Waals surface area contributed by atoms with Gasteiger partial charge in [0.15, 0.2) is 0 Å². The number of para-hydroxylation sites is 1. The Bertz CT molecular complexity index is 966. The molecule has 1 N–H and O–H groups in total. The number of hydrogen-bond acceptors (Lipinski definition) is 5. The van der Waals surface area contributed by atoms with Gasteiger partial charge in [-0.05, 0) is 43.2 Å². The molecule has 0 aliphatic heterocycles. The molecule has 0 atom stereocenters. The maximum atomic E-state index is 12.2. The van der Waals surface area contributed by atoms with Crippen LogP contribution in [0.25, 0.3) is 0 Å². The number of nitrogens with one attached hydrogen (secondary N) is 1. The van der Waals surface area contributed by atoms with Crippen molar-refractivity contribution in [1.82, 2.24) is 5.32 Å². The highest BCUT2D eigenvalue weighted by molar-refractivity contribution is 7.92. The van der Waals surface area contributed by atoms with Crippen molar-refractivity contribution in [3.8, 4) is 11.5 Å². The van der Waals surface area contributed by atoms with Crippen LogP contribution in [0.2, 0.25) is 5.02 Å². The number of halogens is 1. The SMILES string of the molecule is COc1ccc(N(CCCC(=O)NCCOc2ccccc2C)S(C)(=O)=O)cc1Cl. The first-order valence-electron chi connectivity index (χ1n) is 9.48. The molecule has 9 heteroatoms. The van der Waals surface area contributed by atoms with Crippen LogP contribution in [0.4, 0.5) is 5.69 Å². The van der Waals surface area contributed by atoms with E-state index >= 15 is 0 Å². The molecule has 0 radical (unpaired) electrons. The van der Waals surface area contributed by atoms with Gasteiger partial charge in [0.2, 0.25) is 15.9 Å². The monoisotopic (exact) mass is 454 g/mol. The maximum absolute atomic E-state index is 12.2. The second kappa shape index (κ2) is 11.1. The van der Waals surface area contributed by atoms with Gasteiger partial charge in [0.25, 0.3) is 0 Å². The van der Waals surface area contributed by atoms with E-state index in [1.807, 2.05) is 31.2 Å². The highest BCUT2D eigenvalue weighted by atomic mass is 35.5. The predicted octanol–water partition coefficient (Wildman–Crippen LogP) is 3.40. The minimum atomic E-state index is -3.53. The second-order valence-electron chi connectivity index (χ2n) is 6.72. The van der Waals surface area contributed by atoms with Crippen molar-refractivity contribution in [2.75, 3.05) is 37.4 Å². The standard InChI is InChI=1S/C21H27ClN2O5S/c1-16-7-4-5-8-19(16)29-14-12-23-21(25)9-6-13-24(30(3,26)27)17-10-11-20(28-2)18(22)15-17/h4-5,7-8,10-11,15H,6,9,12-14H2,1-3H3,(H,23,25). The molecule has 1 amide bonds. The molecule has 0 fully saturated rings. The summed E-state index contributed by atoms with van der Waals surface area (Å²) in [5.41, 5.74) is 1.46. The third-order valence-corrected chi connectivity index (χ3v) is 5.85. The van der Waals surface area contributed by atoms with E-state index < -0.39 is 10.0 Å². The van der Waals surface area contributed by atoms with Crippen molar-refractivity contribution in [1.29, 1.82) is 0 Å². The lowest BCUT2D eigenvalue weighted by molar-refractivity contribution is -0.121. The minimum Gasteiger partial charge on any atom is -0.495 e. The van der Waals surface area contributed by atoms with Gasteiger partial charge in [0, 0.05) is 13.0 Å². The van der Waals surface area contributed by atoms with Crippen molar-refractivity contribution in [2.45, 2.75) is 19.8 Å². The fourth-order valence-electron chi connectivity index (χ4n) is 2.84. The minimum absolute atomic E-state index is 0.161. The van der Waals surface area contributed by atoms with E-state index in [2.05, 4.69) is 5.32 Å². The van der Waals surface area contributed by atoms with Gasteiger partial charge in [-0.15, -0.1) is 0 Å². The molecule has 0 saturated carbocycles. The molecule has 7 nitrogen and oxygen atoms in total. The van der Waals surface area contributed by atoms with Crippen LogP contribution in [-0.4, -0.2) is 47.4 Å². The average Bonchev–Trinajstić information content (AvgIpc) is 2.69. The van der Waals surface area contributed by atoms with Gasteiger partial charge in [-0.2, -0.15) is 0 Å². The number of rotatable bonds is 11. The molecular formula is C21H27ClN2O5S. The number of aryl methyl sites for hydroxylation is 1. The van der Waals surface area contributed by atoms with Crippen molar-refractivity contribution < 1.29 is 22.7 Å². The number of amides is 1. The van der Waals surface area contributed by atoms with Crippen LogP contribution in [0.3, 0.4) is 0 Å². The molecule has 0 spiro atoms. The van der Waals surface area contributed by atoms with Crippen molar-refractivity contribution in [3.63, 3.8) is 0 Å². The zero-order chi connectivity index (χ0) is 22.1. The molecular weight excluding hydrogens is 428 g/mol. The summed E-state index contributed by atoms with van der Waals surface area (Å²) in [5, 5.41) is 3.09. The number of benzene rings is 2. The lowest BCUT2D eigenvalue weighted by atomic mass is 10.2. The molecule has 30 heavy (non-hydrogen) atoms. The molecule has 0 bridgehead atoms. The Labute approximate surface area is 183 Å². The first kappa shape index (κ1) is 23.8. The number of hydrogen-bond donors (Lipinski definition) is 1. The fourth-order valence-corrected chi connectivity index (χ4v) is 4.05. The summed E-state index contributed by atoms with van der Waals surface area (Å²) in [7, 11) is -2.04. The summed E-state index contributed by atoms with van der Waals surface area (Å²) >= 11 is 6.11. The van der Waals surface area contributed by atoms with Crippen LogP contribution >= 0.6 is 11.6 Å². The Balaban J connectivity index is 1.81. The molecule has 0 aliphatic rings. The summed E-state index contributed by atoms with van der Waals surface area (Å²) < 4.78 is 36.3. The van der Waals surface area contributed by atoms with Crippen molar-refractivity contribution in [2.24, 2.45) is 0 Å². The van der Waals surface area contributed by atoms with Gasteiger partial charge in [0.05, 0.1) is 30.6 Å². The topological polar surface area (TPSA) is 84.9 Å². The van der Waals surface area contributed by atoms with Crippen LogP contribution in [0, 0.1) is 6.92 Å². The lowest BCUT2D eigenvalue weighted by Crippen LogP contribution is -2.33. The zero-order valence-electron chi connectivity index (χ0n) is 17.4. The van der Waals surface area contributed by atoms with E-state index in [0.717, 1.165) is 17.6 Å². The van der Waals surface area contributed by atoms with Crippen molar-refractivity contribution in [3.05, 3.63) is 53.1 Å². The third-order valence-electron chi connectivity index (χ3n) is 4.36. The number of sulfonamides is 1. The van der Waals surface area contributed by atoms with E-state index in [0.29, 0.717) is 36.0 Å². The van der Waals surface area contributed by atoms with Gasteiger partial charge in [-0.25, -0.2) is 8.42 Å². The summed E-state index contributed by atoms with van der Waals surface area (Å²) in [6.45, 7) is 2.85. The normalized spacial score (nSPS) is 11.1. The van der Waals surface area contributed by atoms with E-state index in [4.69, 9.17) is 21.1 Å². The first-order chi connectivity index (χ1) is 14.2. The molecule has 2 aromatic carbocycles. The summed E-state index contributed by atoms with van der Waals surface area (Å²) in [6, 6.07) is 12.4. The van der Waals surface area contributed by atoms with Gasteiger partial charge in [-0.1, -0.05) is 29.8 Å². The van der Waals surface area contributed by atoms with Gasteiger partial charge in [0.1, 0.15) is 18.1 Å². The summed E-state index contributed by atoms with van der Waals surface area (Å²) in [4.78, 5) is 12.1. The zero-order valence-corrected chi connectivity index (χ0v) is 18.9. The molecule has 0 aromatic heterocycles. The van der Waals surface area contributed by atoms with E-state index in [-0.39, 0.29) is 18.9 Å².